The number of fused-ring (bicyclic) bond motifs is 5. The maximum absolute atomic E-state index is 13.8. The molecule has 12 nitrogen and oxygen atoms in total. The van der Waals surface area contributed by atoms with Crippen LogP contribution in [0.25, 0.3) is 0 Å². The van der Waals surface area contributed by atoms with E-state index in [-0.39, 0.29) is 31.0 Å². The number of aliphatic hydroxyl groups is 9. The van der Waals surface area contributed by atoms with Crippen LogP contribution < -0.4 is 0 Å². The number of rotatable bonds is 8. The highest BCUT2D eigenvalue weighted by atomic mass is 16.7. The quantitative estimate of drug-likeness (QED) is 0.163. The molecule has 44 heavy (non-hydrogen) atoms. The van der Waals surface area contributed by atoms with Crippen LogP contribution in [0.4, 0.5) is 0 Å². The van der Waals surface area contributed by atoms with E-state index in [9.17, 15) is 50.8 Å². The van der Waals surface area contributed by atoms with Crippen molar-refractivity contribution in [3.63, 3.8) is 0 Å². The van der Waals surface area contributed by atoms with Crippen molar-refractivity contribution < 1.29 is 60.2 Å². The first-order valence-electron chi connectivity index (χ1n) is 16.1. The average molecular weight is 629 g/mol. The smallest absolute Gasteiger partial charge is 0.187 e. The second kappa shape index (κ2) is 11.9. The molecule has 252 valence electrons. The number of allylic oxidation sites excluding steroid dienone is 1. The summed E-state index contributed by atoms with van der Waals surface area (Å²) in [5, 5.41) is 96.1. The minimum absolute atomic E-state index is 0.107. The van der Waals surface area contributed by atoms with Crippen LogP contribution in [0.5, 0.6) is 0 Å². The van der Waals surface area contributed by atoms with Gasteiger partial charge in [0.15, 0.2) is 12.1 Å². The SMILES string of the molecule is CC(C)(O)CCC(O)C(O)C1CCC2(O)C3=CC(=O)C4CC(O[C@@H]5O[C@H](CO)[C@@H](O)[C@@H](O)[C@H]5O)C(O)CC4(C)C3CCC12C. The maximum atomic E-state index is 13.8. The minimum Gasteiger partial charge on any atom is -0.394 e. The number of ketones is 1. The highest BCUT2D eigenvalue weighted by Gasteiger charge is 2.67. The Morgan fingerprint density at radius 2 is 1.73 bits per heavy atom. The number of carbonyl (C=O) groups is 1. The van der Waals surface area contributed by atoms with Gasteiger partial charge >= 0.3 is 0 Å². The predicted molar refractivity (Wildman–Crippen MR) is 155 cm³/mol. The number of carbonyl (C=O) groups excluding carboxylic acids is 1. The molecule has 9 N–H and O–H groups in total. The van der Waals surface area contributed by atoms with Gasteiger partial charge in [-0.1, -0.05) is 13.8 Å². The Bertz CT molecular complexity index is 1110. The van der Waals surface area contributed by atoms with E-state index in [0.717, 1.165) is 0 Å². The van der Waals surface area contributed by atoms with Crippen molar-refractivity contribution in [3.8, 4) is 0 Å². The predicted octanol–water partition coefficient (Wildman–Crippen LogP) is -0.712. The first-order valence-corrected chi connectivity index (χ1v) is 16.1. The zero-order valence-corrected chi connectivity index (χ0v) is 26.1. The molecule has 12 heteroatoms. The monoisotopic (exact) mass is 628 g/mol. The van der Waals surface area contributed by atoms with Crippen LogP contribution in [0.2, 0.25) is 0 Å². The summed E-state index contributed by atoms with van der Waals surface area (Å²) >= 11 is 0. The largest absolute Gasteiger partial charge is 0.394 e. The number of hydrogen-bond donors (Lipinski definition) is 9. The lowest BCUT2D eigenvalue weighted by molar-refractivity contribution is -0.322. The van der Waals surface area contributed by atoms with Gasteiger partial charge in [0.05, 0.1) is 42.2 Å². The van der Waals surface area contributed by atoms with Gasteiger partial charge in [0, 0.05) is 11.3 Å². The van der Waals surface area contributed by atoms with Crippen molar-refractivity contribution in [2.75, 3.05) is 6.61 Å². The molecule has 0 aromatic heterocycles. The summed E-state index contributed by atoms with van der Waals surface area (Å²) in [6, 6.07) is 0. The van der Waals surface area contributed by atoms with Gasteiger partial charge < -0.3 is 55.4 Å². The van der Waals surface area contributed by atoms with Gasteiger partial charge in [-0.15, -0.1) is 0 Å². The second-order valence-electron chi connectivity index (χ2n) is 15.4. The lowest BCUT2D eigenvalue weighted by Crippen LogP contribution is -2.63. The van der Waals surface area contributed by atoms with Crippen LogP contribution in [0.1, 0.15) is 79.1 Å². The van der Waals surface area contributed by atoms with E-state index in [4.69, 9.17) is 9.47 Å². The number of ether oxygens (including phenoxy) is 2. The molecule has 4 aliphatic carbocycles. The molecular weight excluding hydrogens is 576 g/mol. The van der Waals surface area contributed by atoms with Crippen LogP contribution in [0.15, 0.2) is 11.6 Å². The molecule has 0 radical (unpaired) electrons. The normalized spacial score (nSPS) is 49.0. The standard InChI is InChI=1S/C32H52O12/c1-29(2,41)8-7-19(34)24(37)16-6-10-32(42)17-11-20(35)18-12-22(43-28-27(40)26(39)25(38)23(14-33)44-28)21(36)13-30(18,3)15(17)5-9-31(16,32)4/h11,15-16,18-19,21-28,33-34,36-42H,5-10,12-14H2,1-4H3/t15?,16?,18?,19?,21?,22?,23-,24?,25-,26-,27-,28-,30?,31?,32?/m1/s1. The van der Waals surface area contributed by atoms with Crippen LogP contribution in [0, 0.1) is 28.6 Å². The van der Waals surface area contributed by atoms with Gasteiger partial charge in [-0.25, -0.2) is 0 Å². The second-order valence-corrected chi connectivity index (χ2v) is 15.4. The van der Waals surface area contributed by atoms with E-state index in [1.807, 2.05) is 13.8 Å². The topological polar surface area (TPSA) is 218 Å². The Morgan fingerprint density at radius 1 is 1.05 bits per heavy atom. The van der Waals surface area contributed by atoms with Gasteiger partial charge in [0.1, 0.15) is 24.4 Å². The number of hydrogen-bond acceptors (Lipinski definition) is 12. The molecule has 10 unspecified atom stereocenters. The molecule has 4 fully saturated rings. The van der Waals surface area contributed by atoms with Gasteiger partial charge in [-0.3, -0.25) is 4.79 Å². The summed E-state index contributed by atoms with van der Waals surface area (Å²) in [6.07, 6.45) is -7.31. The highest BCUT2D eigenvalue weighted by Crippen LogP contribution is 2.67. The molecule has 15 atom stereocenters. The van der Waals surface area contributed by atoms with E-state index in [2.05, 4.69) is 0 Å². The zero-order chi connectivity index (χ0) is 32.6. The van der Waals surface area contributed by atoms with E-state index < -0.39 is 95.6 Å². The molecule has 1 heterocycles. The number of aliphatic hydroxyl groups excluding tert-OH is 7. The Morgan fingerprint density at radius 3 is 2.36 bits per heavy atom. The average Bonchev–Trinajstić information content (AvgIpc) is 3.23. The van der Waals surface area contributed by atoms with Crippen molar-refractivity contribution in [1.82, 2.24) is 0 Å². The van der Waals surface area contributed by atoms with Crippen LogP contribution in [-0.2, 0) is 14.3 Å². The van der Waals surface area contributed by atoms with Crippen LogP contribution >= 0.6 is 0 Å². The third-order valence-corrected chi connectivity index (χ3v) is 12.2. The van der Waals surface area contributed by atoms with E-state index in [1.165, 1.54) is 6.08 Å². The molecule has 0 aromatic rings. The van der Waals surface area contributed by atoms with Gasteiger partial charge in [0.25, 0.3) is 0 Å². The fraction of sp³-hybridized carbons (Fsp3) is 0.906. The molecule has 0 amide bonds. The summed E-state index contributed by atoms with van der Waals surface area (Å²) in [7, 11) is 0. The Labute approximate surface area is 258 Å². The maximum Gasteiger partial charge on any atom is 0.187 e. The first kappa shape index (κ1) is 34.3. The van der Waals surface area contributed by atoms with E-state index in [1.54, 1.807) is 13.8 Å². The van der Waals surface area contributed by atoms with Crippen molar-refractivity contribution in [2.45, 2.75) is 145 Å². The van der Waals surface area contributed by atoms with Gasteiger partial charge in [0.2, 0.25) is 0 Å². The third kappa shape index (κ3) is 5.51. The minimum atomic E-state index is -1.63. The fourth-order valence-electron chi connectivity index (χ4n) is 9.38. The summed E-state index contributed by atoms with van der Waals surface area (Å²) in [5.41, 5.74) is -3.25. The van der Waals surface area contributed by atoms with Gasteiger partial charge in [-0.2, -0.15) is 0 Å². The third-order valence-electron chi connectivity index (χ3n) is 12.2. The van der Waals surface area contributed by atoms with Crippen molar-refractivity contribution in [2.24, 2.45) is 28.6 Å². The molecule has 1 aliphatic heterocycles. The van der Waals surface area contributed by atoms with E-state index >= 15 is 0 Å². The van der Waals surface area contributed by atoms with Crippen LogP contribution in [0.3, 0.4) is 0 Å². The molecule has 5 aliphatic rings. The molecular formula is C32H52O12. The molecule has 0 spiro atoms. The van der Waals surface area contributed by atoms with Crippen molar-refractivity contribution in [3.05, 3.63) is 11.6 Å². The van der Waals surface area contributed by atoms with Crippen molar-refractivity contribution in [1.29, 1.82) is 0 Å². The Balaban J connectivity index is 1.35. The summed E-state index contributed by atoms with van der Waals surface area (Å²) < 4.78 is 11.4. The lowest BCUT2D eigenvalue weighted by Gasteiger charge is -2.60. The molecule has 0 bridgehead atoms. The zero-order valence-electron chi connectivity index (χ0n) is 26.1. The summed E-state index contributed by atoms with van der Waals surface area (Å²) in [4.78, 5) is 13.8. The van der Waals surface area contributed by atoms with E-state index in [0.29, 0.717) is 37.7 Å². The molecule has 3 saturated carbocycles. The highest BCUT2D eigenvalue weighted by molar-refractivity contribution is 5.95. The van der Waals surface area contributed by atoms with Crippen LogP contribution in [-0.4, -0.2) is 125 Å². The molecule has 0 aromatic carbocycles. The summed E-state index contributed by atoms with van der Waals surface area (Å²) in [5.74, 6) is -1.41. The first-order chi connectivity index (χ1) is 20.4. The summed E-state index contributed by atoms with van der Waals surface area (Å²) in [6.45, 7) is 6.55. The fourth-order valence-corrected chi connectivity index (χ4v) is 9.38. The molecule has 1 saturated heterocycles. The lowest BCUT2D eigenvalue weighted by atomic mass is 9.46. The Hall–Kier alpha value is -1.03. The molecule has 5 rings (SSSR count). The van der Waals surface area contributed by atoms with Crippen molar-refractivity contribution >= 4 is 5.78 Å². The Kier molecular flexibility index (Phi) is 9.27. The van der Waals surface area contributed by atoms with Gasteiger partial charge in [-0.05, 0) is 94.1 Å².